The van der Waals surface area contributed by atoms with Crippen LogP contribution in [0, 0.1) is 5.82 Å². The van der Waals surface area contributed by atoms with Crippen LogP contribution < -0.4 is 25.0 Å². The molecule has 31 heavy (non-hydrogen) atoms. The number of fused-ring (bicyclic) bond motifs is 1. The van der Waals surface area contributed by atoms with Gasteiger partial charge in [0.2, 0.25) is 0 Å². The van der Waals surface area contributed by atoms with Gasteiger partial charge in [0.1, 0.15) is 18.4 Å². The van der Waals surface area contributed by atoms with E-state index in [-0.39, 0.29) is 30.0 Å². The molecule has 7 heteroatoms. The summed E-state index contributed by atoms with van der Waals surface area (Å²) in [6, 6.07) is 10.5. The number of hydrogen-bond acceptors (Lipinski definition) is 3. The first kappa shape index (κ1) is 22.9. The number of hydrogen-bond donors (Lipinski definition) is 3. The number of urea groups is 1. The van der Waals surface area contributed by atoms with Gasteiger partial charge in [0.25, 0.3) is 0 Å². The molecule has 168 valence electrons. The zero-order valence-electron chi connectivity index (χ0n) is 18.9. The van der Waals surface area contributed by atoms with E-state index in [0.29, 0.717) is 23.6 Å². The fourth-order valence-corrected chi connectivity index (χ4v) is 4.42. The average Bonchev–Trinajstić information content (AvgIpc) is 2.73. The van der Waals surface area contributed by atoms with Gasteiger partial charge < -0.3 is 25.0 Å². The second-order valence-corrected chi connectivity index (χ2v) is 8.37. The van der Waals surface area contributed by atoms with E-state index in [0.717, 1.165) is 24.1 Å². The maximum Gasteiger partial charge on any atom is 0.315 e. The minimum atomic E-state index is -0.208. The van der Waals surface area contributed by atoms with Gasteiger partial charge in [-0.25, -0.2) is 9.18 Å². The topological polar surface area (TPSA) is 64.0 Å². The highest BCUT2D eigenvalue weighted by Gasteiger charge is 2.37. The summed E-state index contributed by atoms with van der Waals surface area (Å²) >= 11 is 0. The molecule has 2 aromatic rings. The number of carbonyl (C=O) groups is 1. The lowest BCUT2D eigenvalue weighted by molar-refractivity contribution is -0.948. The van der Waals surface area contributed by atoms with Crippen LogP contribution in [0.25, 0.3) is 0 Å². The van der Waals surface area contributed by atoms with Crippen molar-refractivity contribution >= 4 is 6.03 Å². The Balaban J connectivity index is 1.97. The predicted molar refractivity (Wildman–Crippen MR) is 118 cm³/mol. The lowest BCUT2D eigenvalue weighted by Crippen LogP contribution is -3.13. The fraction of sp³-hybridized carbons (Fsp3) is 0.458. The van der Waals surface area contributed by atoms with Gasteiger partial charge >= 0.3 is 6.03 Å². The van der Waals surface area contributed by atoms with Crippen molar-refractivity contribution in [1.82, 2.24) is 10.6 Å². The smallest absolute Gasteiger partial charge is 0.315 e. The van der Waals surface area contributed by atoms with Crippen LogP contribution in [0.15, 0.2) is 36.4 Å². The van der Waals surface area contributed by atoms with Crippen LogP contribution in [0.1, 0.15) is 43.5 Å². The maximum atomic E-state index is 14.4. The highest BCUT2D eigenvalue weighted by molar-refractivity contribution is 5.74. The molecule has 2 amide bonds. The highest BCUT2D eigenvalue weighted by Crippen LogP contribution is 2.35. The second kappa shape index (κ2) is 10.0. The van der Waals surface area contributed by atoms with E-state index in [4.69, 9.17) is 9.47 Å². The van der Waals surface area contributed by atoms with Gasteiger partial charge in [0.15, 0.2) is 11.5 Å². The zero-order chi connectivity index (χ0) is 22.5. The average molecular weight is 431 g/mol. The summed E-state index contributed by atoms with van der Waals surface area (Å²) in [6.45, 7) is 7.19. The molecule has 1 unspecified atom stereocenters. The number of amides is 2. The molecule has 1 aliphatic rings. The largest absolute Gasteiger partial charge is 0.493 e. The first-order valence-electron chi connectivity index (χ1n) is 10.7. The van der Waals surface area contributed by atoms with Crippen molar-refractivity contribution in [2.45, 2.75) is 51.9 Å². The number of benzene rings is 2. The summed E-state index contributed by atoms with van der Waals surface area (Å²) in [5.74, 6) is 1.14. The van der Waals surface area contributed by atoms with Crippen molar-refractivity contribution in [3.63, 3.8) is 0 Å². The number of nitrogens with one attached hydrogen (secondary N) is 3. The Bertz CT molecular complexity index is 919. The van der Waals surface area contributed by atoms with E-state index in [2.05, 4.69) is 10.6 Å². The quantitative estimate of drug-likeness (QED) is 0.633. The molecule has 0 radical (unpaired) electrons. The number of carbonyl (C=O) groups excluding carboxylic acids is 1. The highest BCUT2D eigenvalue weighted by atomic mass is 19.1. The minimum Gasteiger partial charge on any atom is -0.493 e. The Labute approximate surface area is 183 Å². The van der Waals surface area contributed by atoms with Gasteiger partial charge in [-0.3, -0.25) is 0 Å². The lowest BCUT2D eigenvalue weighted by atomic mass is 9.87. The van der Waals surface area contributed by atoms with Crippen molar-refractivity contribution < 1.29 is 23.6 Å². The summed E-state index contributed by atoms with van der Waals surface area (Å²) < 4.78 is 25.4. The van der Waals surface area contributed by atoms with Crippen molar-refractivity contribution in [2.24, 2.45) is 0 Å². The normalized spacial score (nSPS) is 18.8. The van der Waals surface area contributed by atoms with Crippen LogP contribution in [0.4, 0.5) is 9.18 Å². The number of methoxy groups -OCH3 is 2. The molecule has 6 nitrogen and oxygen atoms in total. The Kier molecular flexibility index (Phi) is 7.38. The Hall–Kier alpha value is -2.80. The third kappa shape index (κ3) is 5.28. The molecule has 1 heterocycles. The standard InChI is InChI=1S/C24H32FN3O3/c1-15(2)26-24(29)27-16(3)23-19-13-22(31-5)21(30-4)12-17(19)10-11-28(23)14-18-8-6-7-9-20(18)25/h6-9,12-13,15-16,23H,10-11,14H2,1-5H3,(H2,26,27,29)/p+1/t16-,23+/m1/s1. The molecule has 3 rings (SSSR count). The lowest BCUT2D eigenvalue weighted by Gasteiger charge is -2.38. The molecule has 0 aliphatic carbocycles. The van der Waals surface area contributed by atoms with Crippen LogP contribution in [0.3, 0.4) is 0 Å². The van der Waals surface area contributed by atoms with Crippen LogP contribution in [-0.2, 0) is 13.0 Å². The fourth-order valence-electron chi connectivity index (χ4n) is 4.42. The molecule has 2 aromatic carbocycles. The van der Waals surface area contributed by atoms with Gasteiger partial charge in [0, 0.05) is 23.6 Å². The monoisotopic (exact) mass is 430 g/mol. The zero-order valence-corrected chi connectivity index (χ0v) is 18.9. The van der Waals surface area contributed by atoms with Crippen LogP contribution >= 0.6 is 0 Å². The third-order valence-electron chi connectivity index (χ3n) is 5.79. The van der Waals surface area contributed by atoms with E-state index in [1.807, 2.05) is 45.0 Å². The van der Waals surface area contributed by atoms with Crippen LogP contribution in [0.2, 0.25) is 0 Å². The van der Waals surface area contributed by atoms with Gasteiger partial charge in [-0.1, -0.05) is 18.2 Å². The van der Waals surface area contributed by atoms with Gasteiger partial charge in [-0.05, 0) is 44.5 Å². The molecule has 0 fully saturated rings. The van der Waals surface area contributed by atoms with Gasteiger partial charge in [-0.15, -0.1) is 0 Å². The first-order chi connectivity index (χ1) is 14.8. The molecular weight excluding hydrogens is 397 g/mol. The first-order valence-corrected chi connectivity index (χ1v) is 10.7. The van der Waals surface area contributed by atoms with E-state index >= 15 is 0 Å². The summed E-state index contributed by atoms with van der Waals surface area (Å²) in [5.41, 5.74) is 2.93. The number of ether oxygens (including phenoxy) is 2. The van der Waals surface area contributed by atoms with Crippen molar-refractivity contribution in [2.75, 3.05) is 20.8 Å². The third-order valence-corrected chi connectivity index (χ3v) is 5.79. The van der Waals surface area contributed by atoms with Crippen molar-refractivity contribution in [3.8, 4) is 11.5 Å². The molecule has 3 N–H and O–H groups in total. The van der Waals surface area contributed by atoms with Crippen molar-refractivity contribution in [3.05, 3.63) is 58.9 Å². The van der Waals surface area contributed by atoms with Crippen LogP contribution in [-0.4, -0.2) is 38.9 Å². The predicted octanol–water partition coefficient (Wildman–Crippen LogP) is 2.62. The molecule has 0 aromatic heterocycles. The molecule has 0 bridgehead atoms. The molecule has 3 atom stereocenters. The summed E-state index contributed by atoms with van der Waals surface area (Å²) in [6.07, 6.45) is 0.834. The van der Waals surface area contributed by atoms with E-state index in [1.54, 1.807) is 20.3 Å². The molecule has 0 spiro atoms. The molecule has 0 saturated carbocycles. The van der Waals surface area contributed by atoms with Gasteiger partial charge in [-0.2, -0.15) is 0 Å². The molecular formula is C24H33FN3O3+. The summed E-state index contributed by atoms with van der Waals surface area (Å²) in [7, 11) is 3.24. The minimum absolute atomic E-state index is 0.0389. The number of quaternary nitrogens is 1. The summed E-state index contributed by atoms with van der Waals surface area (Å²) in [4.78, 5) is 13.6. The maximum absolute atomic E-state index is 14.4. The Morgan fingerprint density at radius 1 is 1.13 bits per heavy atom. The molecule has 0 saturated heterocycles. The van der Waals surface area contributed by atoms with Crippen LogP contribution in [0.5, 0.6) is 11.5 Å². The summed E-state index contributed by atoms with van der Waals surface area (Å²) in [5, 5.41) is 5.97. The second-order valence-electron chi connectivity index (χ2n) is 8.37. The number of rotatable bonds is 7. The Morgan fingerprint density at radius 3 is 2.45 bits per heavy atom. The van der Waals surface area contributed by atoms with Gasteiger partial charge in [0.05, 0.1) is 26.8 Å². The molecule has 1 aliphatic heterocycles. The van der Waals surface area contributed by atoms with Crippen molar-refractivity contribution in [1.29, 1.82) is 0 Å². The van der Waals surface area contributed by atoms with E-state index < -0.39 is 0 Å². The van der Waals surface area contributed by atoms with E-state index in [1.165, 1.54) is 11.0 Å². The van der Waals surface area contributed by atoms with E-state index in [9.17, 15) is 9.18 Å². The Morgan fingerprint density at radius 2 is 1.81 bits per heavy atom. The SMILES string of the molecule is COc1cc2c(cc1OC)[C@H]([C@@H](C)NC(=O)NC(C)C)[NH+](Cc1ccccc1F)CC2. The number of halogens is 1.